The minimum absolute atomic E-state index is 0.0136. The average Bonchev–Trinajstić information content (AvgIpc) is 3.16. The summed E-state index contributed by atoms with van der Waals surface area (Å²) in [6.45, 7) is 4.23. The van der Waals surface area contributed by atoms with Crippen molar-refractivity contribution in [3.05, 3.63) is 24.3 Å². The third-order valence-electron chi connectivity index (χ3n) is 11.2. The Hall–Kier alpha value is -1.17. The molecule has 0 bridgehead atoms. The van der Waals surface area contributed by atoms with Gasteiger partial charge in [-0.2, -0.15) is 0 Å². The summed E-state index contributed by atoms with van der Waals surface area (Å²) in [7, 11) is 0. The van der Waals surface area contributed by atoms with Crippen LogP contribution in [0.5, 0.6) is 0 Å². The maximum Gasteiger partial charge on any atom is 0.222 e. The zero-order valence-corrected chi connectivity index (χ0v) is 36.4. The number of aliphatic hydroxyl groups excluding tert-OH is 3. The maximum absolute atomic E-state index is 12.5. The predicted octanol–water partition coefficient (Wildman–Crippen LogP) is 14.2. The van der Waals surface area contributed by atoms with Gasteiger partial charge in [0.1, 0.15) is 0 Å². The Bertz CT molecular complexity index is 799. The fourth-order valence-corrected chi connectivity index (χ4v) is 7.51. The number of allylic oxidation sites excluding steroid dienone is 3. The molecule has 0 fully saturated rings. The molecular formula is C49H95NO4. The Kier molecular flexibility index (Phi) is 43.6. The van der Waals surface area contributed by atoms with Crippen LogP contribution >= 0.6 is 0 Å². The smallest absolute Gasteiger partial charge is 0.222 e. The lowest BCUT2D eigenvalue weighted by atomic mass is 10.0. The fourth-order valence-electron chi connectivity index (χ4n) is 7.51. The van der Waals surface area contributed by atoms with Crippen LogP contribution in [0.25, 0.3) is 0 Å². The van der Waals surface area contributed by atoms with E-state index >= 15 is 0 Å². The summed E-state index contributed by atoms with van der Waals surface area (Å²) in [6, 6.07) is -0.743. The van der Waals surface area contributed by atoms with E-state index in [2.05, 4.69) is 31.3 Å². The molecule has 3 unspecified atom stereocenters. The molecule has 4 N–H and O–H groups in total. The van der Waals surface area contributed by atoms with Crippen molar-refractivity contribution in [1.29, 1.82) is 0 Å². The zero-order chi connectivity index (χ0) is 39.4. The van der Waals surface area contributed by atoms with Crippen LogP contribution in [0.2, 0.25) is 0 Å². The fraction of sp³-hybridized carbons (Fsp3) is 0.898. The molecule has 1 amide bonds. The van der Waals surface area contributed by atoms with Crippen LogP contribution in [0, 0.1) is 0 Å². The molecule has 0 saturated carbocycles. The quantitative estimate of drug-likeness (QED) is 0.0368. The number of rotatable bonds is 44. The van der Waals surface area contributed by atoms with Crippen molar-refractivity contribution in [2.24, 2.45) is 0 Å². The molecule has 0 aliphatic carbocycles. The lowest BCUT2D eigenvalue weighted by molar-refractivity contribution is -0.124. The summed E-state index contributed by atoms with van der Waals surface area (Å²) in [4.78, 5) is 12.5. The van der Waals surface area contributed by atoms with Crippen LogP contribution in [0.15, 0.2) is 24.3 Å². The Morgan fingerprint density at radius 2 is 0.778 bits per heavy atom. The van der Waals surface area contributed by atoms with Crippen molar-refractivity contribution >= 4 is 5.91 Å². The molecule has 5 heteroatoms. The highest BCUT2D eigenvalue weighted by molar-refractivity contribution is 5.76. The monoisotopic (exact) mass is 762 g/mol. The van der Waals surface area contributed by atoms with E-state index in [0.717, 1.165) is 25.7 Å². The number of carbonyl (C=O) groups excluding carboxylic acids is 1. The van der Waals surface area contributed by atoms with Crippen LogP contribution in [-0.4, -0.2) is 46.1 Å². The second-order valence-electron chi connectivity index (χ2n) is 16.7. The van der Waals surface area contributed by atoms with E-state index in [4.69, 9.17) is 0 Å². The predicted molar refractivity (Wildman–Crippen MR) is 236 cm³/mol. The summed E-state index contributed by atoms with van der Waals surface area (Å²) in [5.41, 5.74) is 0. The van der Waals surface area contributed by atoms with Crippen molar-refractivity contribution in [3.63, 3.8) is 0 Å². The molecule has 0 saturated heterocycles. The van der Waals surface area contributed by atoms with E-state index in [1.807, 2.05) is 6.08 Å². The lowest BCUT2D eigenvalue weighted by Gasteiger charge is -2.21. The van der Waals surface area contributed by atoms with Crippen LogP contribution in [0.4, 0.5) is 0 Å². The third-order valence-corrected chi connectivity index (χ3v) is 11.2. The van der Waals surface area contributed by atoms with Crippen molar-refractivity contribution in [2.45, 2.75) is 276 Å². The minimum Gasteiger partial charge on any atom is -0.394 e. The molecule has 0 aliphatic rings. The van der Waals surface area contributed by atoms with Crippen molar-refractivity contribution in [1.82, 2.24) is 5.32 Å². The van der Waals surface area contributed by atoms with Crippen LogP contribution in [-0.2, 0) is 4.79 Å². The normalized spacial score (nSPS) is 13.6. The van der Waals surface area contributed by atoms with Gasteiger partial charge in [-0.15, -0.1) is 0 Å². The van der Waals surface area contributed by atoms with Gasteiger partial charge in [-0.25, -0.2) is 0 Å². The first-order chi connectivity index (χ1) is 26.5. The number of unbranched alkanes of at least 4 members (excludes halogenated alkanes) is 33. The van der Waals surface area contributed by atoms with Crippen LogP contribution < -0.4 is 5.32 Å². The van der Waals surface area contributed by atoms with Gasteiger partial charge in [0, 0.05) is 0 Å². The first-order valence-electron chi connectivity index (χ1n) is 24.1. The topological polar surface area (TPSA) is 89.8 Å². The minimum atomic E-state index is -0.927. The lowest BCUT2D eigenvalue weighted by Crippen LogP contribution is -2.45. The number of aliphatic hydroxyl groups is 3. The molecule has 0 aromatic carbocycles. The second kappa shape index (κ2) is 44.5. The highest BCUT2D eigenvalue weighted by atomic mass is 16.3. The summed E-state index contributed by atoms with van der Waals surface area (Å²) in [5, 5.41) is 33.3. The molecule has 3 atom stereocenters. The third kappa shape index (κ3) is 40.5. The van der Waals surface area contributed by atoms with Gasteiger partial charge >= 0.3 is 0 Å². The molecule has 0 aromatic heterocycles. The number of hydrogen-bond donors (Lipinski definition) is 4. The first kappa shape index (κ1) is 52.8. The molecule has 320 valence electrons. The van der Waals surface area contributed by atoms with E-state index in [9.17, 15) is 20.1 Å². The highest BCUT2D eigenvalue weighted by Gasteiger charge is 2.20. The second-order valence-corrected chi connectivity index (χ2v) is 16.7. The SMILES string of the molecule is CCCCCCCCCCCCCC/C=C\CCCCCCCCCCC(O)CC(=O)NC(CO)C(O)/C=C/CCCCCCCCCCCCCCC. The first-order valence-corrected chi connectivity index (χ1v) is 24.1. The van der Waals surface area contributed by atoms with Gasteiger partial charge in [-0.3, -0.25) is 4.79 Å². The van der Waals surface area contributed by atoms with Gasteiger partial charge in [0.2, 0.25) is 5.91 Å². The Morgan fingerprint density at radius 1 is 0.463 bits per heavy atom. The molecule has 0 radical (unpaired) electrons. The standard InChI is InChI=1S/C49H95NO4/c1-3-5-7-9-11-13-15-17-19-20-21-22-23-24-25-26-27-29-30-32-34-36-38-40-42-46(52)44-49(54)50-47(45-51)48(53)43-41-39-37-35-33-31-28-18-16-14-12-10-8-6-4-2/h24-25,41,43,46-48,51-53H,3-23,26-40,42,44-45H2,1-2H3,(H,50,54)/b25-24-,43-41+. The summed E-state index contributed by atoms with van der Waals surface area (Å²) in [6.07, 6.45) is 54.8. The van der Waals surface area contributed by atoms with E-state index < -0.39 is 18.2 Å². The van der Waals surface area contributed by atoms with Crippen molar-refractivity contribution in [2.75, 3.05) is 6.61 Å². The number of hydrogen-bond acceptors (Lipinski definition) is 4. The summed E-state index contributed by atoms with van der Waals surface area (Å²) < 4.78 is 0. The van der Waals surface area contributed by atoms with Gasteiger partial charge in [0.05, 0.1) is 31.3 Å². The van der Waals surface area contributed by atoms with Gasteiger partial charge in [-0.05, 0) is 44.9 Å². The van der Waals surface area contributed by atoms with Gasteiger partial charge < -0.3 is 20.6 Å². The van der Waals surface area contributed by atoms with E-state index in [1.54, 1.807) is 6.08 Å². The molecule has 0 spiro atoms. The molecule has 54 heavy (non-hydrogen) atoms. The highest BCUT2D eigenvalue weighted by Crippen LogP contribution is 2.16. The van der Waals surface area contributed by atoms with Crippen molar-refractivity contribution in [3.8, 4) is 0 Å². The molecular weight excluding hydrogens is 667 g/mol. The Balaban J connectivity index is 3.60. The van der Waals surface area contributed by atoms with E-state index in [0.29, 0.717) is 6.42 Å². The molecule has 0 heterocycles. The van der Waals surface area contributed by atoms with Gasteiger partial charge in [-0.1, -0.05) is 231 Å². The van der Waals surface area contributed by atoms with E-state index in [1.165, 1.54) is 205 Å². The average molecular weight is 762 g/mol. The van der Waals surface area contributed by atoms with Crippen molar-refractivity contribution < 1.29 is 20.1 Å². The van der Waals surface area contributed by atoms with E-state index in [-0.39, 0.29) is 18.9 Å². The van der Waals surface area contributed by atoms with Crippen LogP contribution in [0.3, 0.4) is 0 Å². The molecule has 5 nitrogen and oxygen atoms in total. The number of carbonyl (C=O) groups is 1. The number of nitrogens with one attached hydrogen (secondary N) is 1. The largest absolute Gasteiger partial charge is 0.394 e. The van der Waals surface area contributed by atoms with Crippen LogP contribution in [0.1, 0.15) is 258 Å². The summed E-state index contributed by atoms with van der Waals surface area (Å²) in [5.74, 6) is -0.315. The number of amides is 1. The van der Waals surface area contributed by atoms with Gasteiger partial charge in [0.25, 0.3) is 0 Å². The van der Waals surface area contributed by atoms with Gasteiger partial charge in [0.15, 0.2) is 0 Å². The maximum atomic E-state index is 12.5. The molecule has 0 aromatic rings. The zero-order valence-electron chi connectivity index (χ0n) is 36.4. The Morgan fingerprint density at radius 3 is 1.13 bits per heavy atom. The molecule has 0 aliphatic heterocycles. The Labute approximate surface area is 337 Å². The molecule has 0 rings (SSSR count). The summed E-state index contributed by atoms with van der Waals surface area (Å²) >= 11 is 0.